The van der Waals surface area contributed by atoms with Crippen molar-refractivity contribution < 1.29 is 4.74 Å². The number of hydrogen-bond donors (Lipinski definition) is 0. The van der Waals surface area contributed by atoms with Gasteiger partial charge in [0.1, 0.15) is 5.75 Å². The molecule has 0 unspecified atom stereocenters. The monoisotopic (exact) mass is 195 g/mol. The SMILES string of the molecule is CC[C@H](C)Oc1ccn(C(C)(C)C)c1. The summed E-state index contributed by atoms with van der Waals surface area (Å²) in [5.41, 5.74) is 0.136. The first-order valence-corrected chi connectivity index (χ1v) is 5.28. The molecule has 0 amide bonds. The standard InChI is InChI=1S/C12H21NO/c1-6-10(2)14-11-7-8-13(9-11)12(3,4)5/h7-10H,6H2,1-5H3/t10-/m0/s1. The van der Waals surface area contributed by atoms with Gasteiger partial charge < -0.3 is 9.30 Å². The highest BCUT2D eigenvalue weighted by Crippen LogP contribution is 2.20. The largest absolute Gasteiger partial charge is 0.489 e. The minimum atomic E-state index is 0.136. The topological polar surface area (TPSA) is 14.2 Å². The van der Waals surface area contributed by atoms with E-state index in [2.05, 4.69) is 51.6 Å². The van der Waals surface area contributed by atoms with E-state index in [1.807, 2.05) is 6.07 Å². The summed E-state index contributed by atoms with van der Waals surface area (Å²) in [5, 5.41) is 0. The van der Waals surface area contributed by atoms with Crippen molar-refractivity contribution in [1.82, 2.24) is 4.57 Å². The maximum atomic E-state index is 5.72. The predicted octanol–water partition coefficient (Wildman–Crippen LogP) is 3.42. The molecule has 0 bridgehead atoms. The predicted molar refractivity (Wildman–Crippen MR) is 59.8 cm³/mol. The molecule has 0 N–H and O–H groups in total. The molecule has 0 aliphatic heterocycles. The van der Waals surface area contributed by atoms with Gasteiger partial charge in [0.25, 0.3) is 0 Å². The van der Waals surface area contributed by atoms with Crippen LogP contribution in [-0.2, 0) is 5.54 Å². The first-order valence-electron chi connectivity index (χ1n) is 5.28. The number of rotatable bonds is 3. The van der Waals surface area contributed by atoms with E-state index >= 15 is 0 Å². The summed E-state index contributed by atoms with van der Waals surface area (Å²) in [4.78, 5) is 0. The Morgan fingerprint density at radius 3 is 2.50 bits per heavy atom. The van der Waals surface area contributed by atoms with Crippen molar-refractivity contribution in [3.8, 4) is 5.75 Å². The van der Waals surface area contributed by atoms with Gasteiger partial charge in [-0.2, -0.15) is 0 Å². The second-order valence-electron chi connectivity index (χ2n) is 4.76. The third-order valence-electron chi connectivity index (χ3n) is 2.35. The van der Waals surface area contributed by atoms with Gasteiger partial charge in [0.15, 0.2) is 0 Å². The van der Waals surface area contributed by atoms with Crippen LogP contribution in [0.15, 0.2) is 18.5 Å². The van der Waals surface area contributed by atoms with Crippen molar-refractivity contribution in [3.05, 3.63) is 18.5 Å². The van der Waals surface area contributed by atoms with Crippen molar-refractivity contribution in [2.75, 3.05) is 0 Å². The lowest BCUT2D eigenvalue weighted by atomic mass is 10.1. The van der Waals surface area contributed by atoms with Crippen molar-refractivity contribution in [2.24, 2.45) is 0 Å². The Morgan fingerprint density at radius 2 is 2.07 bits per heavy atom. The van der Waals surface area contributed by atoms with Crippen molar-refractivity contribution in [3.63, 3.8) is 0 Å². The first kappa shape index (κ1) is 11.2. The van der Waals surface area contributed by atoms with Crippen LogP contribution in [0.25, 0.3) is 0 Å². The quantitative estimate of drug-likeness (QED) is 0.720. The lowest BCUT2D eigenvalue weighted by Crippen LogP contribution is -2.19. The Bertz CT molecular complexity index is 283. The molecule has 80 valence electrons. The smallest absolute Gasteiger partial charge is 0.137 e. The summed E-state index contributed by atoms with van der Waals surface area (Å²) in [7, 11) is 0. The van der Waals surface area contributed by atoms with Crippen LogP contribution in [0.1, 0.15) is 41.0 Å². The van der Waals surface area contributed by atoms with Crippen LogP contribution in [0.5, 0.6) is 5.75 Å². The fourth-order valence-electron chi connectivity index (χ4n) is 1.18. The average molecular weight is 195 g/mol. The second kappa shape index (κ2) is 4.07. The molecular formula is C12H21NO. The Morgan fingerprint density at radius 1 is 1.43 bits per heavy atom. The van der Waals surface area contributed by atoms with E-state index in [0.29, 0.717) is 6.10 Å². The maximum absolute atomic E-state index is 5.72. The van der Waals surface area contributed by atoms with E-state index in [-0.39, 0.29) is 5.54 Å². The second-order valence-corrected chi connectivity index (χ2v) is 4.76. The highest BCUT2D eigenvalue weighted by molar-refractivity contribution is 5.19. The summed E-state index contributed by atoms with van der Waals surface area (Å²) in [6.45, 7) is 10.8. The third kappa shape index (κ3) is 2.79. The molecule has 1 heterocycles. The molecule has 0 spiro atoms. The molecule has 2 nitrogen and oxygen atoms in total. The molecule has 0 radical (unpaired) electrons. The van der Waals surface area contributed by atoms with Crippen LogP contribution in [0, 0.1) is 0 Å². The fourth-order valence-corrected chi connectivity index (χ4v) is 1.18. The van der Waals surface area contributed by atoms with Gasteiger partial charge in [0.2, 0.25) is 0 Å². The molecule has 14 heavy (non-hydrogen) atoms. The minimum Gasteiger partial charge on any atom is -0.489 e. The van der Waals surface area contributed by atoms with Crippen LogP contribution in [0.3, 0.4) is 0 Å². The van der Waals surface area contributed by atoms with Gasteiger partial charge in [0, 0.05) is 17.9 Å². The van der Waals surface area contributed by atoms with E-state index in [4.69, 9.17) is 4.74 Å². The van der Waals surface area contributed by atoms with Gasteiger partial charge in [-0.25, -0.2) is 0 Å². The summed E-state index contributed by atoms with van der Waals surface area (Å²) in [6, 6.07) is 2.03. The van der Waals surface area contributed by atoms with Crippen LogP contribution in [0.2, 0.25) is 0 Å². The highest BCUT2D eigenvalue weighted by atomic mass is 16.5. The van der Waals surface area contributed by atoms with Gasteiger partial charge >= 0.3 is 0 Å². The van der Waals surface area contributed by atoms with Crippen molar-refractivity contribution in [1.29, 1.82) is 0 Å². The van der Waals surface area contributed by atoms with Crippen molar-refractivity contribution in [2.45, 2.75) is 52.7 Å². The molecular weight excluding hydrogens is 174 g/mol. The van der Waals surface area contributed by atoms with E-state index in [9.17, 15) is 0 Å². The zero-order valence-electron chi connectivity index (χ0n) is 9.87. The average Bonchev–Trinajstić information content (AvgIpc) is 2.51. The lowest BCUT2D eigenvalue weighted by molar-refractivity contribution is 0.216. The van der Waals surface area contributed by atoms with Gasteiger partial charge in [-0.05, 0) is 40.2 Å². The molecule has 1 rings (SSSR count). The molecule has 0 aliphatic rings. The van der Waals surface area contributed by atoms with Gasteiger partial charge in [-0.1, -0.05) is 6.92 Å². The molecule has 2 heteroatoms. The molecule has 0 aromatic carbocycles. The molecule has 0 aliphatic carbocycles. The zero-order valence-corrected chi connectivity index (χ0v) is 9.87. The highest BCUT2D eigenvalue weighted by Gasteiger charge is 2.13. The van der Waals surface area contributed by atoms with Crippen molar-refractivity contribution >= 4 is 0 Å². The van der Waals surface area contributed by atoms with E-state index < -0.39 is 0 Å². The summed E-state index contributed by atoms with van der Waals surface area (Å²) >= 11 is 0. The first-order chi connectivity index (χ1) is 6.43. The Hall–Kier alpha value is -0.920. The molecule has 0 saturated carbocycles. The molecule has 0 saturated heterocycles. The number of hydrogen-bond acceptors (Lipinski definition) is 1. The zero-order chi connectivity index (χ0) is 10.8. The van der Waals surface area contributed by atoms with E-state index in [1.165, 1.54) is 0 Å². The summed E-state index contributed by atoms with van der Waals surface area (Å²) in [5.74, 6) is 0.967. The summed E-state index contributed by atoms with van der Waals surface area (Å²) < 4.78 is 7.89. The Kier molecular flexibility index (Phi) is 3.25. The Balaban J connectivity index is 2.69. The molecule has 1 aromatic heterocycles. The lowest BCUT2D eigenvalue weighted by Gasteiger charge is -2.20. The van der Waals surface area contributed by atoms with Gasteiger partial charge in [-0.15, -0.1) is 0 Å². The van der Waals surface area contributed by atoms with Crippen LogP contribution in [0.4, 0.5) is 0 Å². The fraction of sp³-hybridized carbons (Fsp3) is 0.667. The molecule has 0 fully saturated rings. The van der Waals surface area contributed by atoms with Crippen LogP contribution in [-0.4, -0.2) is 10.7 Å². The number of nitrogens with zero attached hydrogens (tertiary/aromatic N) is 1. The Labute approximate surface area is 86.9 Å². The molecule has 1 aromatic rings. The van der Waals surface area contributed by atoms with Crippen LogP contribution >= 0.6 is 0 Å². The van der Waals surface area contributed by atoms with Gasteiger partial charge in [0.05, 0.1) is 6.10 Å². The van der Waals surface area contributed by atoms with E-state index in [0.717, 1.165) is 12.2 Å². The minimum absolute atomic E-state index is 0.136. The number of ether oxygens (including phenoxy) is 1. The maximum Gasteiger partial charge on any atom is 0.137 e. The number of aromatic nitrogens is 1. The normalized spacial score (nSPS) is 14.1. The summed E-state index contributed by atoms with van der Waals surface area (Å²) in [6.07, 6.45) is 5.47. The van der Waals surface area contributed by atoms with Gasteiger partial charge in [-0.3, -0.25) is 0 Å². The third-order valence-corrected chi connectivity index (χ3v) is 2.35. The van der Waals surface area contributed by atoms with Crippen LogP contribution < -0.4 is 4.74 Å². The van der Waals surface area contributed by atoms with E-state index in [1.54, 1.807) is 0 Å². The molecule has 1 atom stereocenters.